The molecule has 40 heavy (non-hydrogen) atoms. The minimum Gasteiger partial charge on any atom is -0.464 e. The van der Waals surface area contributed by atoms with Gasteiger partial charge in [0.2, 0.25) is 5.95 Å². The van der Waals surface area contributed by atoms with Gasteiger partial charge in [-0.25, -0.2) is 14.8 Å². The first kappa shape index (κ1) is 26.5. The number of nitrogens with zero attached hydrogens (tertiary/aromatic N) is 4. The third-order valence-electron chi connectivity index (χ3n) is 7.76. The van der Waals surface area contributed by atoms with E-state index in [9.17, 15) is 18.0 Å². The van der Waals surface area contributed by atoms with Crippen LogP contribution in [-0.2, 0) is 16.1 Å². The van der Waals surface area contributed by atoms with Crippen molar-refractivity contribution < 1.29 is 36.7 Å². The van der Waals surface area contributed by atoms with E-state index in [4.69, 9.17) is 14.0 Å². The maximum absolute atomic E-state index is 13.1. The summed E-state index contributed by atoms with van der Waals surface area (Å²) in [5.74, 6) is 0.542. The summed E-state index contributed by atoms with van der Waals surface area (Å²) in [6.45, 7) is 1.99. The monoisotopic (exact) mass is 558 g/mol. The van der Waals surface area contributed by atoms with Crippen molar-refractivity contribution in [1.29, 1.82) is 0 Å². The van der Waals surface area contributed by atoms with Crippen LogP contribution in [0.3, 0.4) is 0 Å². The van der Waals surface area contributed by atoms with E-state index < -0.39 is 12.3 Å². The average Bonchev–Trinajstić information content (AvgIpc) is 3.61. The minimum absolute atomic E-state index is 0.0740. The molecule has 2 saturated heterocycles. The van der Waals surface area contributed by atoms with Crippen LogP contribution in [0.25, 0.3) is 11.3 Å². The van der Waals surface area contributed by atoms with E-state index >= 15 is 0 Å². The lowest BCUT2D eigenvalue weighted by molar-refractivity contribution is -0.274. The van der Waals surface area contributed by atoms with E-state index in [0.29, 0.717) is 28.7 Å². The van der Waals surface area contributed by atoms with Gasteiger partial charge < -0.3 is 23.6 Å². The average molecular weight is 559 g/mol. The largest absolute Gasteiger partial charge is 0.573 e. The summed E-state index contributed by atoms with van der Waals surface area (Å²) in [7, 11) is 1.32. The fourth-order valence-corrected chi connectivity index (χ4v) is 5.88. The Morgan fingerprint density at radius 3 is 2.50 bits per heavy atom. The fraction of sp³-hybridized carbons (Fsp3) is 0.500. The van der Waals surface area contributed by atoms with Crippen LogP contribution in [0.2, 0.25) is 0 Å². The SMILES string of the molecule is COC(=O)c1cc(C)nc(N2C3CCC2CC(OCc2c(-c4ccccc4OC(F)(F)F)noc2C2CC2)C3)n1. The molecule has 9 nitrogen and oxygen atoms in total. The van der Waals surface area contributed by atoms with Crippen molar-refractivity contribution in [3.8, 4) is 17.0 Å². The second-order valence-corrected chi connectivity index (χ2v) is 10.6. The zero-order valence-electron chi connectivity index (χ0n) is 22.1. The van der Waals surface area contributed by atoms with Gasteiger partial charge in [0.25, 0.3) is 0 Å². The number of rotatable bonds is 8. The van der Waals surface area contributed by atoms with Crippen molar-refractivity contribution >= 4 is 11.9 Å². The van der Waals surface area contributed by atoms with E-state index in [1.54, 1.807) is 18.2 Å². The molecule has 1 aromatic carbocycles. The molecule has 1 saturated carbocycles. The lowest BCUT2D eigenvalue weighted by atomic mass is 9.99. The van der Waals surface area contributed by atoms with Gasteiger partial charge >= 0.3 is 12.3 Å². The Hall–Kier alpha value is -3.67. The summed E-state index contributed by atoms with van der Waals surface area (Å²) >= 11 is 0. The number of aromatic nitrogens is 3. The van der Waals surface area contributed by atoms with Crippen LogP contribution in [-0.4, -0.2) is 52.8 Å². The number of carbonyl (C=O) groups is 1. The molecule has 12 heteroatoms. The smallest absolute Gasteiger partial charge is 0.464 e. The van der Waals surface area contributed by atoms with Crippen molar-refractivity contribution in [2.45, 2.75) is 82.5 Å². The molecule has 3 aromatic rings. The number of halogens is 3. The number of anilines is 1. The molecule has 6 rings (SSSR count). The predicted molar refractivity (Wildman–Crippen MR) is 136 cm³/mol. The topological polar surface area (TPSA) is 99.8 Å². The standard InChI is InChI=1S/C28H29F3N4O5/c1-15-11-22(26(36)37-2)33-27(32-15)35-17-9-10-18(35)13-19(12-17)38-14-21-24(34-40-25(21)16-7-8-16)20-5-3-4-6-23(20)39-28(29,30)31/h3-6,11,16-19H,7-10,12-14H2,1-2H3. The lowest BCUT2D eigenvalue weighted by Gasteiger charge is -2.39. The predicted octanol–water partition coefficient (Wildman–Crippen LogP) is 5.72. The molecule has 0 amide bonds. The molecule has 2 bridgehead atoms. The first-order chi connectivity index (χ1) is 19.2. The van der Waals surface area contributed by atoms with Crippen LogP contribution in [0.5, 0.6) is 5.75 Å². The Bertz CT molecular complexity index is 1390. The van der Waals surface area contributed by atoms with Gasteiger partial charge in [0.15, 0.2) is 5.69 Å². The zero-order valence-corrected chi connectivity index (χ0v) is 22.1. The molecule has 4 heterocycles. The lowest BCUT2D eigenvalue weighted by Crippen LogP contribution is -2.46. The maximum atomic E-state index is 13.1. The number of piperidine rings is 1. The number of esters is 1. The summed E-state index contributed by atoms with van der Waals surface area (Å²) in [5.41, 5.74) is 2.10. The van der Waals surface area contributed by atoms with Crippen LogP contribution < -0.4 is 9.64 Å². The number of benzene rings is 1. The quantitative estimate of drug-likeness (QED) is 0.322. The molecular weight excluding hydrogens is 529 g/mol. The number of hydrogen-bond acceptors (Lipinski definition) is 9. The molecule has 0 spiro atoms. The Labute approximate surface area is 228 Å². The highest BCUT2D eigenvalue weighted by Crippen LogP contribution is 2.46. The highest BCUT2D eigenvalue weighted by Gasteiger charge is 2.43. The molecule has 212 valence electrons. The van der Waals surface area contributed by atoms with Crippen LogP contribution in [0.15, 0.2) is 34.9 Å². The third kappa shape index (κ3) is 5.36. The van der Waals surface area contributed by atoms with Gasteiger partial charge in [0.1, 0.15) is 17.2 Å². The Morgan fingerprint density at radius 2 is 1.82 bits per heavy atom. The van der Waals surface area contributed by atoms with Crippen LogP contribution >= 0.6 is 0 Å². The normalized spacial score (nSPS) is 22.4. The van der Waals surface area contributed by atoms with Crippen LogP contribution in [0.4, 0.5) is 19.1 Å². The minimum atomic E-state index is -4.83. The van der Waals surface area contributed by atoms with Gasteiger partial charge in [-0.05, 0) is 63.6 Å². The van der Waals surface area contributed by atoms with Gasteiger partial charge in [-0.15, -0.1) is 13.2 Å². The molecular formula is C28H29F3N4O5. The molecule has 2 aromatic heterocycles. The number of hydrogen-bond donors (Lipinski definition) is 0. The molecule has 2 unspecified atom stereocenters. The fourth-order valence-electron chi connectivity index (χ4n) is 5.88. The number of methoxy groups -OCH3 is 1. The summed E-state index contributed by atoms with van der Waals surface area (Å²) in [6, 6.07) is 7.83. The van der Waals surface area contributed by atoms with E-state index in [2.05, 4.69) is 24.8 Å². The van der Waals surface area contributed by atoms with Gasteiger partial charge in [0, 0.05) is 34.8 Å². The van der Waals surface area contributed by atoms with Crippen molar-refractivity contribution in [2.24, 2.45) is 0 Å². The third-order valence-corrected chi connectivity index (χ3v) is 7.76. The van der Waals surface area contributed by atoms with Gasteiger partial charge in [-0.3, -0.25) is 0 Å². The van der Waals surface area contributed by atoms with Crippen molar-refractivity contribution in [3.63, 3.8) is 0 Å². The molecule has 1 aliphatic carbocycles. The summed E-state index contributed by atoms with van der Waals surface area (Å²) < 4.78 is 60.4. The van der Waals surface area contributed by atoms with Gasteiger partial charge in [-0.2, -0.15) is 0 Å². The van der Waals surface area contributed by atoms with Crippen molar-refractivity contribution in [3.05, 3.63) is 53.0 Å². The summed E-state index contributed by atoms with van der Waals surface area (Å²) in [6.07, 6.45) is 0.330. The zero-order chi connectivity index (χ0) is 28.0. The summed E-state index contributed by atoms with van der Waals surface area (Å²) in [4.78, 5) is 23.4. The Kier molecular flexibility index (Phi) is 6.89. The van der Waals surface area contributed by atoms with E-state index in [-0.39, 0.29) is 47.7 Å². The highest BCUT2D eigenvalue weighted by atomic mass is 19.4. The second kappa shape index (κ2) is 10.4. The maximum Gasteiger partial charge on any atom is 0.573 e. The number of para-hydroxylation sites is 1. The first-order valence-electron chi connectivity index (χ1n) is 13.4. The molecule has 0 radical (unpaired) electrons. The molecule has 3 fully saturated rings. The van der Waals surface area contributed by atoms with E-state index in [0.717, 1.165) is 38.5 Å². The van der Waals surface area contributed by atoms with Crippen molar-refractivity contribution in [1.82, 2.24) is 15.1 Å². The Morgan fingerprint density at radius 1 is 1.10 bits per heavy atom. The highest BCUT2D eigenvalue weighted by molar-refractivity contribution is 5.87. The van der Waals surface area contributed by atoms with Crippen LogP contribution in [0.1, 0.15) is 71.9 Å². The number of aryl methyl sites for hydroxylation is 1. The first-order valence-corrected chi connectivity index (χ1v) is 13.4. The van der Waals surface area contributed by atoms with Crippen molar-refractivity contribution in [2.75, 3.05) is 12.0 Å². The number of carbonyl (C=O) groups excluding carboxylic acids is 1. The van der Waals surface area contributed by atoms with E-state index in [1.165, 1.54) is 19.2 Å². The molecule has 0 N–H and O–H groups in total. The Balaban J connectivity index is 1.20. The number of ether oxygens (including phenoxy) is 3. The number of fused-ring (bicyclic) bond motifs is 2. The van der Waals surface area contributed by atoms with Crippen LogP contribution in [0, 0.1) is 6.92 Å². The van der Waals surface area contributed by atoms with E-state index in [1.807, 2.05) is 6.92 Å². The number of alkyl halides is 3. The second-order valence-electron chi connectivity index (χ2n) is 10.6. The molecule has 3 aliphatic rings. The van der Waals surface area contributed by atoms with Gasteiger partial charge in [-0.1, -0.05) is 17.3 Å². The molecule has 2 aliphatic heterocycles. The van der Waals surface area contributed by atoms with Gasteiger partial charge in [0.05, 0.1) is 19.8 Å². The molecule has 2 atom stereocenters. The summed E-state index contributed by atoms with van der Waals surface area (Å²) in [5, 5.41) is 4.17.